The number of anilines is 2. The number of ether oxygens (including phenoxy) is 1. The number of nitrogens with one attached hydrogen (secondary N) is 1. The minimum Gasteiger partial charge on any atom is -0.494 e. The number of methoxy groups -OCH3 is 1. The molecule has 0 radical (unpaired) electrons. The van der Waals surface area contributed by atoms with Crippen LogP contribution >= 0.6 is 0 Å². The Morgan fingerprint density at radius 2 is 1.79 bits per heavy atom. The highest BCUT2D eigenvalue weighted by atomic mass is 19.1. The molecule has 0 atom stereocenters. The molecule has 4 heteroatoms. The number of halogens is 1. The zero-order chi connectivity index (χ0) is 14.8. The summed E-state index contributed by atoms with van der Waals surface area (Å²) >= 11 is 0. The second-order valence-electron chi connectivity index (χ2n) is 6.82. The summed E-state index contributed by atoms with van der Waals surface area (Å²) in [5.74, 6) is -0.248. The predicted octanol–water partition coefficient (Wildman–Crippen LogP) is 4.04. The van der Waals surface area contributed by atoms with Crippen LogP contribution in [-0.4, -0.2) is 12.6 Å². The van der Waals surface area contributed by atoms with Gasteiger partial charge in [-0.1, -0.05) is 20.8 Å². The molecular weight excluding hydrogens is 243 g/mol. The Labute approximate surface area is 115 Å². The molecule has 0 heterocycles. The molecule has 1 aromatic rings. The van der Waals surface area contributed by atoms with E-state index in [-0.39, 0.29) is 16.7 Å². The van der Waals surface area contributed by atoms with Crippen molar-refractivity contribution >= 4 is 11.4 Å². The Morgan fingerprint density at radius 1 is 1.21 bits per heavy atom. The smallest absolute Gasteiger partial charge is 0.167 e. The number of nitrogens with two attached hydrogens (primary N) is 1. The van der Waals surface area contributed by atoms with E-state index in [0.717, 1.165) is 6.42 Å². The zero-order valence-corrected chi connectivity index (χ0v) is 12.7. The van der Waals surface area contributed by atoms with E-state index in [2.05, 4.69) is 39.9 Å². The predicted molar refractivity (Wildman–Crippen MR) is 79.1 cm³/mol. The average molecular weight is 268 g/mol. The third-order valence-electron chi connectivity index (χ3n) is 2.77. The highest BCUT2D eigenvalue weighted by Crippen LogP contribution is 2.34. The number of rotatable bonds is 4. The molecule has 108 valence electrons. The van der Waals surface area contributed by atoms with E-state index < -0.39 is 5.82 Å². The summed E-state index contributed by atoms with van der Waals surface area (Å²) in [4.78, 5) is 0. The van der Waals surface area contributed by atoms with Gasteiger partial charge in [0.25, 0.3) is 0 Å². The first-order valence-electron chi connectivity index (χ1n) is 6.45. The fraction of sp³-hybridized carbons (Fsp3) is 0.600. The van der Waals surface area contributed by atoms with Crippen LogP contribution in [0, 0.1) is 11.2 Å². The molecule has 1 aromatic carbocycles. The molecule has 3 nitrogen and oxygen atoms in total. The van der Waals surface area contributed by atoms with Gasteiger partial charge in [0.15, 0.2) is 11.6 Å². The summed E-state index contributed by atoms with van der Waals surface area (Å²) in [7, 11) is 1.44. The number of nitrogen functional groups attached to an aromatic ring is 1. The van der Waals surface area contributed by atoms with E-state index in [9.17, 15) is 4.39 Å². The fourth-order valence-electron chi connectivity index (χ4n) is 2.57. The molecule has 0 aromatic heterocycles. The number of benzene rings is 1. The molecular formula is C15H25FN2O. The first-order valence-corrected chi connectivity index (χ1v) is 6.45. The largest absolute Gasteiger partial charge is 0.494 e. The normalized spacial score (nSPS) is 12.4. The van der Waals surface area contributed by atoms with Crippen LogP contribution in [0.25, 0.3) is 0 Å². The van der Waals surface area contributed by atoms with Gasteiger partial charge >= 0.3 is 0 Å². The van der Waals surface area contributed by atoms with E-state index in [1.54, 1.807) is 6.07 Å². The molecule has 0 aliphatic rings. The molecule has 19 heavy (non-hydrogen) atoms. The van der Waals surface area contributed by atoms with Gasteiger partial charge in [-0.3, -0.25) is 0 Å². The summed E-state index contributed by atoms with van der Waals surface area (Å²) in [6, 6.07) is 2.89. The maximum Gasteiger partial charge on any atom is 0.167 e. The highest BCUT2D eigenvalue weighted by Gasteiger charge is 2.26. The van der Waals surface area contributed by atoms with Gasteiger partial charge in [-0.25, -0.2) is 4.39 Å². The Hall–Kier alpha value is -1.45. The molecule has 0 spiro atoms. The van der Waals surface area contributed by atoms with Crippen molar-refractivity contribution in [1.82, 2.24) is 0 Å². The molecule has 0 amide bonds. The van der Waals surface area contributed by atoms with Gasteiger partial charge in [-0.2, -0.15) is 0 Å². The average Bonchev–Trinajstić information content (AvgIpc) is 2.18. The Kier molecular flexibility index (Phi) is 4.33. The fourth-order valence-corrected chi connectivity index (χ4v) is 2.57. The first kappa shape index (κ1) is 15.6. The first-order chi connectivity index (χ1) is 8.54. The minimum absolute atomic E-state index is 0.144. The van der Waals surface area contributed by atoms with Crippen molar-refractivity contribution in [3.05, 3.63) is 17.9 Å². The third-order valence-corrected chi connectivity index (χ3v) is 2.77. The summed E-state index contributed by atoms with van der Waals surface area (Å²) in [6.45, 7) is 10.8. The lowest BCUT2D eigenvalue weighted by Crippen LogP contribution is -2.35. The van der Waals surface area contributed by atoms with Gasteiger partial charge in [-0.05, 0) is 25.7 Å². The summed E-state index contributed by atoms with van der Waals surface area (Å²) in [6.07, 6.45) is 0.957. The van der Waals surface area contributed by atoms with Crippen molar-refractivity contribution in [1.29, 1.82) is 0 Å². The van der Waals surface area contributed by atoms with Crippen molar-refractivity contribution < 1.29 is 9.13 Å². The van der Waals surface area contributed by atoms with Crippen LogP contribution in [0.1, 0.15) is 41.0 Å². The van der Waals surface area contributed by atoms with Crippen LogP contribution in [0.15, 0.2) is 12.1 Å². The topological polar surface area (TPSA) is 47.3 Å². The van der Waals surface area contributed by atoms with E-state index in [4.69, 9.17) is 10.5 Å². The SMILES string of the molecule is COc1cc(NC(C)(C)CC(C)(C)C)c(N)cc1F. The van der Waals surface area contributed by atoms with Crippen LogP contribution in [0.4, 0.5) is 15.8 Å². The second kappa shape index (κ2) is 5.27. The van der Waals surface area contributed by atoms with Crippen LogP contribution in [0.2, 0.25) is 0 Å². The molecule has 0 bridgehead atoms. The monoisotopic (exact) mass is 268 g/mol. The van der Waals surface area contributed by atoms with Crippen molar-refractivity contribution in [3.63, 3.8) is 0 Å². The van der Waals surface area contributed by atoms with Gasteiger partial charge in [0.1, 0.15) is 0 Å². The Morgan fingerprint density at radius 3 is 2.26 bits per heavy atom. The second-order valence-corrected chi connectivity index (χ2v) is 6.82. The van der Waals surface area contributed by atoms with Gasteiger partial charge in [-0.15, -0.1) is 0 Å². The molecule has 0 unspecified atom stereocenters. The third kappa shape index (κ3) is 4.62. The maximum atomic E-state index is 13.5. The molecule has 0 saturated heterocycles. The van der Waals surface area contributed by atoms with Crippen LogP contribution < -0.4 is 15.8 Å². The maximum absolute atomic E-state index is 13.5. The molecule has 1 rings (SSSR count). The lowest BCUT2D eigenvalue weighted by atomic mass is 9.81. The molecule has 3 N–H and O–H groups in total. The molecule has 0 saturated carbocycles. The van der Waals surface area contributed by atoms with Crippen molar-refractivity contribution in [2.75, 3.05) is 18.2 Å². The van der Waals surface area contributed by atoms with Gasteiger partial charge in [0, 0.05) is 17.7 Å². The molecule has 0 fully saturated rings. The quantitative estimate of drug-likeness (QED) is 0.810. The van der Waals surface area contributed by atoms with Crippen molar-refractivity contribution in [3.8, 4) is 5.75 Å². The van der Waals surface area contributed by atoms with Gasteiger partial charge in [0.05, 0.1) is 18.5 Å². The highest BCUT2D eigenvalue weighted by molar-refractivity contribution is 5.69. The zero-order valence-electron chi connectivity index (χ0n) is 12.7. The van der Waals surface area contributed by atoms with Gasteiger partial charge in [0.2, 0.25) is 0 Å². The van der Waals surface area contributed by atoms with E-state index in [1.807, 2.05) is 0 Å². The Balaban J connectivity index is 2.99. The standard InChI is InChI=1S/C15H25FN2O/c1-14(2,3)9-15(4,5)18-12-8-13(19-6)10(16)7-11(12)17/h7-8,18H,9,17H2,1-6H3. The van der Waals surface area contributed by atoms with E-state index in [1.165, 1.54) is 13.2 Å². The molecule has 0 aliphatic heterocycles. The lowest BCUT2D eigenvalue weighted by molar-refractivity contribution is 0.302. The summed E-state index contributed by atoms with van der Waals surface area (Å²) in [5, 5.41) is 3.37. The van der Waals surface area contributed by atoms with Crippen LogP contribution in [0.5, 0.6) is 5.75 Å². The van der Waals surface area contributed by atoms with Crippen LogP contribution in [-0.2, 0) is 0 Å². The minimum atomic E-state index is -0.445. The Bertz CT molecular complexity index is 450. The van der Waals surface area contributed by atoms with Gasteiger partial charge < -0.3 is 15.8 Å². The lowest BCUT2D eigenvalue weighted by Gasteiger charge is -2.34. The van der Waals surface area contributed by atoms with E-state index in [0.29, 0.717) is 11.4 Å². The summed E-state index contributed by atoms with van der Waals surface area (Å²) in [5.41, 5.74) is 6.99. The van der Waals surface area contributed by atoms with E-state index >= 15 is 0 Å². The van der Waals surface area contributed by atoms with Crippen LogP contribution in [0.3, 0.4) is 0 Å². The molecule has 0 aliphatic carbocycles. The summed E-state index contributed by atoms with van der Waals surface area (Å²) < 4.78 is 18.5. The number of hydrogen-bond acceptors (Lipinski definition) is 3. The van der Waals surface area contributed by atoms with Crippen molar-refractivity contribution in [2.24, 2.45) is 5.41 Å². The number of hydrogen-bond donors (Lipinski definition) is 2. The van der Waals surface area contributed by atoms with Crippen molar-refractivity contribution in [2.45, 2.75) is 46.6 Å².